The Balaban J connectivity index is 3.12. The highest BCUT2D eigenvalue weighted by Crippen LogP contribution is 2.39. The van der Waals surface area contributed by atoms with E-state index >= 15 is 0 Å². The van der Waals surface area contributed by atoms with Crippen LogP contribution in [0.25, 0.3) is 0 Å². The minimum Gasteiger partial charge on any atom is -0.468 e. The number of methoxy groups -OCH3 is 1. The summed E-state index contributed by atoms with van der Waals surface area (Å²) in [6.45, 7) is 8.60. The molecule has 1 aliphatic heterocycles. The normalized spacial score (nSPS) is 24.8. The Labute approximate surface area is 141 Å². The second-order valence-corrected chi connectivity index (χ2v) is 13.5. The lowest BCUT2D eigenvalue weighted by atomic mass is 9.93. The van der Waals surface area contributed by atoms with Gasteiger partial charge in [0.2, 0.25) is 0 Å². The third-order valence-electron chi connectivity index (χ3n) is 3.60. The van der Waals surface area contributed by atoms with Crippen LogP contribution in [-0.4, -0.2) is 33.2 Å². The average Bonchev–Trinajstić information content (AvgIpc) is 2.72. The second kappa shape index (κ2) is 7.76. The molecule has 120 valence electrons. The van der Waals surface area contributed by atoms with Gasteiger partial charge in [0.1, 0.15) is 12.0 Å². The van der Waals surface area contributed by atoms with E-state index in [1.807, 2.05) is 0 Å². The summed E-state index contributed by atoms with van der Waals surface area (Å²) < 4.78 is 11.4. The van der Waals surface area contributed by atoms with E-state index in [1.165, 1.54) is 7.11 Å². The quantitative estimate of drug-likeness (QED) is 0.214. The van der Waals surface area contributed by atoms with Crippen molar-refractivity contribution in [1.82, 2.24) is 0 Å². The van der Waals surface area contributed by atoms with Crippen LogP contribution < -0.4 is 0 Å². The molecule has 0 radical (unpaired) electrons. The zero-order chi connectivity index (χ0) is 16.2. The lowest BCUT2D eigenvalue weighted by Crippen LogP contribution is -2.30. The number of halogens is 1. The van der Waals surface area contributed by atoms with Crippen LogP contribution >= 0.6 is 22.6 Å². The predicted octanol–water partition coefficient (Wildman–Crippen LogP) is 3.85. The van der Waals surface area contributed by atoms with Crippen molar-refractivity contribution in [3.63, 3.8) is 0 Å². The van der Waals surface area contributed by atoms with Gasteiger partial charge in [-0.05, 0) is 16.0 Å². The Morgan fingerprint density at radius 3 is 2.43 bits per heavy atom. The minimum absolute atomic E-state index is 0.335. The van der Waals surface area contributed by atoms with E-state index in [4.69, 9.17) is 9.47 Å². The van der Waals surface area contributed by atoms with Gasteiger partial charge in [-0.15, -0.1) is 0 Å². The zero-order valence-corrected chi connectivity index (χ0v) is 16.7. The molecule has 0 aliphatic carbocycles. The molecule has 1 aliphatic rings. The first-order valence-electron chi connectivity index (χ1n) is 7.43. The van der Waals surface area contributed by atoms with Gasteiger partial charge >= 0.3 is 11.9 Å². The Hall–Kier alpha value is -0.373. The number of hydrogen-bond donors (Lipinski definition) is 0. The van der Waals surface area contributed by atoms with Crippen molar-refractivity contribution in [2.24, 2.45) is 5.92 Å². The number of esters is 2. The molecule has 0 saturated carbocycles. The topological polar surface area (TPSA) is 52.6 Å². The Morgan fingerprint density at radius 1 is 1.33 bits per heavy atom. The van der Waals surface area contributed by atoms with E-state index in [1.54, 1.807) is 0 Å². The van der Waals surface area contributed by atoms with Gasteiger partial charge in [-0.25, -0.2) is 4.79 Å². The molecule has 1 heterocycles. The fourth-order valence-electron chi connectivity index (χ4n) is 2.43. The first-order valence-corrected chi connectivity index (χ1v) is 12.0. The van der Waals surface area contributed by atoms with Gasteiger partial charge < -0.3 is 9.47 Å². The van der Waals surface area contributed by atoms with Gasteiger partial charge in [0.05, 0.1) is 20.8 Å². The lowest BCUT2D eigenvalue weighted by molar-refractivity contribution is -0.147. The third-order valence-corrected chi connectivity index (χ3v) is 10.6. The molecule has 2 atom stereocenters. The van der Waals surface area contributed by atoms with Crippen molar-refractivity contribution in [2.45, 2.75) is 58.4 Å². The van der Waals surface area contributed by atoms with Gasteiger partial charge in [0.15, 0.2) is 0 Å². The fraction of sp³-hybridized carbons (Fsp3) is 0.733. The van der Waals surface area contributed by atoms with Gasteiger partial charge in [-0.1, -0.05) is 62.0 Å². The molecule has 1 rings (SSSR count). The van der Waals surface area contributed by atoms with Crippen molar-refractivity contribution in [3.05, 3.63) is 8.78 Å². The molecule has 1 fully saturated rings. The van der Waals surface area contributed by atoms with Crippen LogP contribution in [0.3, 0.4) is 0 Å². The molecule has 0 aromatic rings. The molecule has 0 unspecified atom stereocenters. The summed E-state index contributed by atoms with van der Waals surface area (Å²) in [5, 5.41) is 0. The largest absolute Gasteiger partial charge is 0.468 e. The molecule has 1 saturated heterocycles. The first kappa shape index (κ1) is 18.7. The van der Waals surface area contributed by atoms with Crippen molar-refractivity contribution >= 4 is 42.6 Å². The maximum absolute atomic E-state index is 12.3. The van der Waals surface area contributed by atoms with Crippen LogP contribution in [0.5, 0.6) is 0 Å². The van der Waals surface area contributed by atoms with Crippen LogP contribution in [0.1, 0.15) is 32.6 Å². The van der Waals surface area contributed by atoms with Gasteiger partial charge in [0, 0.05) is 0 Å². The van der Waals surface area contributed by atoms with E-state index in [-0.39, 0.29) is 18.0 Å². The van der Waals surface area contributed by atoms with Gasteiger partial charge in [0.25, 0.3) is 0 Å². The first-order chi connectivity index (χ1) is 9.73. The van der Waals surface area contributed by atoms with Gasteiger partial charge in [-0.2, -0.15) is 0 Å². The SMILES string of the molecule is CCCCC[C@@H]1OC(=O)/C(=C(/I)[Si](C)(C)C)[C@H]1C(=O)OC. The van der Waals surface area contributed by atoms with Crippen LogP contribution in [0.15, 0.2) is 8.78 Å². The van der Waals surface area contributed by atoms with E-state index < -0.39 is 14.0 Å². The number of unbranched alkanes of at least 4 members (excludes halogenated alkanes) is 2. The van der Waals surface area contributed by atoms with Crippen molar-refractivity contribution in [1.29, 1.82) is 0 Å². The van der Waals surface area contributed by atoms with Gasteiger partial charge in [-0.3, -0.25) is 4.79 Å². The highest BCUT2D eigenvalue weighted by Gasteiger charge is 2.47. The molecule has 0 spiro atoms. The van der Waals surface area contributed by atoms with E-state index in [0.717, 1.165) is 28.9 Å². The molecule has 4 nitrogen and oxygen atoms in total. The van der Waals surface area contributed by atoms with Crippen LogP contribution in [0.2, 0.25) is 19.6 Å². The third kappa shape index (κ3) is 4.55. The number of ether oxygens (including phenoxy) is 2. The summed E-state index contributed by atoms with van der Waals surface area (Å²) in [4.78, 5) is 24.4. The van der Waals surface area contributed by atoms with Crippen molar-refractivity contribution in [3.8, 4) is 0 Å². The minimum atomic E-state index is -1.68. The summed E-state index contributed by atoms with van der Waals surface area (Å²) in [6, 6.07) is 0. The van der Waals surface area contributed by atoms with E-state index in [0.29, 0.717) is 5.57 Å². The maximum Gasteiger partial charge on any atom is 0.335 e. The number of carbonyl (C=O) groups excluding carboxylic acids is 2. The molecule has 6 heteroatoms. The predicted molar refractivity (Wildman–Crippen MR) is 93.9 cm³/mol. The van der Waals surface area contributed by atoms with Crippen molar-refractivity contribution < 1.29 is 19.1 Å². The number of rotatable bonds is 6. The molecular weight excluding hydrogens is 399 g/mol. The molecular formula is C15H25IO4Si. The number of hydrogen-bond acceptors (Lipinski definition) is 4. The van der Waals surface area contributed by atoms with Crippen LogP contribution in [0, 0.1) is 5.92 Å². The molecule has 0 aromatic heterocycles. The fourth-order valence-corrected chi connectivity index (χ4v) is 4.05. The number of carbonyl (C=O) groups is 2. The molecule has 0 bridgehead atoms. The van der Waals surface area contributed by atoms with E-state index in [9.17, 15) is 9.59 Å². The Morgan fingerprint density at radius 2 is 1.95 bits per heavy atom. The van der Waals surface area contributed by atoms with E-state index in [2.05, 4.69) is 49.2 Å². The molecule has 21 heavy (non-hydrogen) atoms. The highest BCUT2D eigenvalue weighted by molar-refractivity contribution is 14.1. The monoisotopic (exact) mass is 424 g/mol. The smallest absolute Gasteiger partial charge is 0.335 e. The summed E-state index contributed by atoms with van der Waals surface area (Å²) in [5.74, 6) is -1.25. The highest BCUT2D eigenvalue weighted by atomic mass is 127. The van der Waals surface area contributed by atoms with Crippen LogP contribution in [0.4, 0.5) is 0 Å². The summed E-state index contributed by atoms with van der Waals surface area (Å²) in [6.07, 6.45) is 3.48. The van der Waals surface area contributed by atoms with Crippen LogP contribution in [-0.2, 0) is 19.1 Å². The Kier molecular flexibility index (Phi) is 6.90. The average molecular weight is 424 g/mol. The summed E-state index contributed by atoms with van der Waals surface area (Å²) in [5.41, 5.74) is 0.545. The molecule has 0 amide bonds. The lowest BCUT2D eigenvalue weighted by Gasteiger charge is -2.20. The number of cyclic esters (lactones) is 1. The Bertz CT molecular complexity index is 439. The maximum atomic E-state index is 12.3. The molecule has 0 N–H and O–H groups in total. The second-order valence-electron chi connectivity index (χ2n) is 6.42. The standard InChI is InChI=1S/C15H25IO4Si/c1-6-7-8-9-10-11(14(17)19-2)12(15(18)20-10)13(16)21(3,4)5/h10-11H,6-9H2,1-5H3/b13-12-/t10-,11-/m0/s1. The zero-order valence-electron chi connectivity index (χ0n) is 13.5. The molecule has 0 aromatic carbocycles. The van der Waals surface area contributed by atoms with Crippen molar-refractivity contribution in [2.75, 3.05) is 7.11 Å². The summed E-state index contributed by atoms with van der Waals surface area (Å²) >= 11 is 2.22. The summed E-state index contributed by atoms with van der Waals surface area (Å²) in [7, 11) is -0.310.